The Hall–Kier alpha value is -1.11. The summed E-state index contributed by atoms with van der Waals surface area (Å²) in [5.41, 5.74) is 1.45. The molecule has 0 amide bonds. The van der Waals surface area contributed by atoms with E-state index in [1.54, 1.807) is 19.1 Å². The zero-order chi connectivity index (χ0) is 13.2. The van der Waals surface area contributed by atoms with E-state index in [1.165, 1.54) is 0 Å². The molecule has 1 heterocycles. The lowest BCUT2D eigenvalue weighted by molar-refractivity contribution is 0.0904. The van der Waals surface area contributed by atoms with Crippen LogP contribution in [-0.4, -0.2) is 27.7 Å². The van der Waals surface area contributed by atoms with Crippen molar-refractivity contribution in [3.8, 4) is 0 Å². The van der Waals surface area contributed by atoms with Crippen LogP contribution in [0.2, 0.25) is 0 Å². The second-order valence-corrected chi connectivity index (χ2v) is 6.09. The van der Waals surface area contributed by atoms with E-state index in [2.05, 4.69) is 5.32 Å². The molecule has 3 N–H and O–H groups in total. The summed E-state index contributed by atoms with van der Waals surface area (Å²) in [4.78, 5) is 0.180. The minimum atomic E-state index is -3.66. The first-order valence-corrected chi connectivity index (χ1v) is 7.49. The van der Waals surface area contributed by atoms with Crippen molar-refractivity contribution in [2.45, 2.75) is 30.7 Å². The number of anilines is 1. The van der Waals surface area contributed by atoms with Crippen LogP contribution in [0.15, 0.2) is 23.1 Å². The first-order valence-electron chi connectivity index (χ1n) is 5.94. The number of nitrogens with one attached hydrogen (secondary N) is 1. The molecule has 100 valence electrons. The molecule has 0 bridgehead atoms. The van der Waals surface area contributed by atoms with Crippen LogP contribution >= 0.6 is 0 Å². The molecule has 0 radical (unpaired) electrons. The summed E-state index contributed by atoms with van der Waals surface area (Å²) in [6.07, 6.45) is 1.86. The molecule has 0 atom stereocenters. The predicted octanol–water partition coefficient (Wildman–Crippen LogP) is 1.23. The van der Waals surface area contributed by atoms with Crippen LogP contribution in [0.4, 0.5) is 5.69 Å². The molecule has 18 heavy (non-hydrogen) atoms. The minimum Gasteiger partial charge on any atom is -0.382 e. The van der Waals surface area contributed by atoms with Gasteiger partial charge in [0.25, 0.3) is 0 Å². The van der Waals surface area contributed by atoms with Crippen molar-refractivity contribution in [3.63, 3.8) is 0 Å². The number of hydrogen-bond acceptors (Lipinski definition) is 4. The molecular weight excluding hydrogens is 252 g/mol. The Morgan fingerprint density at radius 2 is 2.00 bits per heavy atom. The Bertz CT molecular complexity index is 522. The van der Waals surface area contributed by atoms with Crippen molar-refractivity contribution < 1.29 is 13.2 Å². The Kier molecular flexibility index (Phi) is 3.89. The Morgan fingerprint density at radius 1 is 1.33 bits per heavy atom. The number of aryl methyl sites for hydroxylation is 1. The third-order valence-corrected chi connectivity index (χ3v) is 4.14. The molecule has 0 saturated carbocycles. The molecule has 0 unspecified atom stereocenters. The third kappa shape index (κ3) is 3.22. The zero-order valence-corrected chi connectivity index (χ0v) is 11.2. The SMILES string of the molecule is Cc1ccc(NC2CCOCC2)cc1S(N)(=O)=O. The van der Waals surface area contributed by atoms with Crippen molar-refractivity contribution in [1.29, 1.82) is 0 Å². The predicted molar refractivity (Wildman–Crippen MR) is 70.0 cm³/mol. The fourth-order valence-electron chi connectivity index (χ4n) is 2.07. The summed E-state index contributed by atoms with van der Waals surface area (Å²) in [6, 6.07) is 5.57. The molecule has 1 fully saturated rings. The molecule has 1 aliphatic heterocycles. The highest BCUT2D eigenvalue weighted by Crippen LogP contribution is 2.21. The minimum absolute atomic E-state index is 0.180. The van der Waals surface area contributed by atoms with Crippen LogP contribution < -0.4 is 10.5 Å². The first kappa shape index (κ1) is 13.3. The van der Waals surface area contributed by atoms with E-state index >= 15 is 0 Å². The van der Waals surface area contributed by atoms with Crippen molar-refractivity contribution in [2.24, 2.45) is 5.14 Å². The van der Waals surface area contributed by atoms with Gasteiger partial charge in [0.15, 0.2) is 0 Å². The number of sulfonamides is 1. The zero-order valence-electron chi connectivity index (χ0n) is 10.3. The second-order valence-electron chi connectivity index (χ2n) is 4.56. The topological polar surface area (TPSA) is 81.4 Å². The number of benzene rings is 1. The monoisotopic (exact) mass is 270 g/mol. The summed E-state index contributed by atoms with van der Waals surface area (Å²) in [5, 5.41) is 8.50. The summed E-state index contributed by atoms with van der Waals surface area (Å²) in [7, 11) is -3.66. The molecule has 1 aliphatic rings. The van der Waals surface area contributed by atoms with Gasteiger partial charge in [-0.3, -0.25) is 0 Å². The van der Waals surface area contributed by atoms with Gasteiger partial charge in [-0.15, -0.1) is 0 Å². The highest BCUT2D eigenvalue weighted by atomic mass is 32.2. The summed E-state index contributed by atoms with van der Waals surface area (Å²) in [6.45, 7) is 3.22. The molecule has 0 aliphatic carbocycles. The number of hydrogen-bond donors (Lipinski definition) is 2. The number of primary sulfonamides is 1. The molecule has 6 heteroatoms. The number of nitrogens with two attached hydrogens (primary N) is 1. The smallest absolute Gasteiger partial charge is 0.238 e. The fraction of sp³-hybridized carbons (Fsp3) is 0.500. The number of rotatable bonds is 3. The van der Waals surface area contributed by atoms with E-state index in [0.717, 1.165) is 31.7 Å². The van der Waals surface area contributed by atoms with E-state index in [4.69, 9.17) is 9.88 Å². The van der Waals surface area contributed by atoms with Crippen LogP contribution in [0, 0.1) is 6.92 Å². The highest BCUT2D eigenvalue weighted by molar-refractivity contribution is 7.89. The fourth-order valence-corrected chi connectivity index (χ4v) is 2.88. The summed E-state index contributed by atoms with van der Waals surface area (Å²) in [5.74, 6) is 0. The van der Waals surface area contributed by atoms with E-state index < -0.39 is 10.0 Å². The van der Waals surface area contributed by atoms with Crippen LogP contribution in [0.3, 0.4) is 0 Å². The van der Waals surface area contributed by atoms with Crippen LogP contribution in [0.5, 0.6) is 0 Å². The maximum absolute atomic E-state index is 11.4. The first-order chi connectivity index (χ1) is 8.47. The van der Waals surface area contributed by atoms with Gasteiger partial charge in [0.2, 0.25) is 10.0 Å². The molecule has 1 aromatic rings. The quantitative estimate of drug-likeness (QED) is 0.865. The van der Waals surface area contributed by atoms with Crippen molar-refractivity contribution >= 4 is 15.7 Å². The van der Waals surface area contributed by atoms with Gasteiger partial charge in [0.1, 0.15) is 0 Å². The molecule has 5 nitrogen and oxygen atoms in total. The van der Waals surface area contributed by atoms with Crippen LogP contribution in [0.25, 0.3) is 0 Å². The van der Waals surface area contributed by atoms with E-state index in [1.807, 2.05) is 6.07 Å². The van der Waals surface area contributed by atoms with E-state index in [-0.39, 0.29) is 4.90 Å². The maximum atomic E-state index is 11.4. The van der Waals surface area contributed by atoms with Crippen LogP contribution in [-0.2, 0) is 14.8 Å². The average Bonchev–Trinajstić information content (AvgIpc) is 2.31. The van der Waals surface area contributed by atoms with Gasteiger partial charge < -0.3 is 10.1 Å². The largest absolute Gasteiger partial charge is 0.382 e. The van der Waals surface area contributed by atoms with Gasteiger partial charge in [-0.25, -0.2) is 13.6 Å². The van der Waals surface area contributed by atoms with E-state index in [0.29, 0.717) is 11.6 Å². The van der Waals surface area contributed by atoms with Crippen molar-refractivity contribution in [1.82, 2.24) is 0 Å². The molecule has 1 aromatic carbocycles. The maximum Gasteiger partial charge on any atom is 0.238 e. The van der Waals surface area contributed by atoms with Gasteiger partial charge >= 0.3 is 0 Å². The molecule has 0 spiro atoms. The number of ether oxygens (including phenoxy) is 1. The molecular formula is C12H18N2O3S. The Balaban J connectivity index is 2.19. The van der Waals surface area contributed by atoms with Gasteiger partial charge in [-0.05, 0) is 37.5 Å². The lowest BCUT2D eigenvalue weighted by Crippen LogP contribution is -2.28. The summed E-state index contributed by atoms with van der Waals surface area (Å²) >= 11 is 0. The third-order valence-electron chi connectivity index (χ3n) is 3.09. The standard InChI is InChI=1S/C12H18N2O3S/c1-9-2-3-11(8-12(9)18(13,15)16)14-10-4-6-17-7-5-10/h2-3,8,10,14H,4-7H2,1H3,(H2,13,15,16). The van der Waals surface area contributed by atoms with Gasteiger partial charge in [-0.2, -0.15) is 0 Å². The van der Waals surface area contributed by atoms with Crippen LogP contribution in [0.1, 0.15) is 18.4 Å². The summed E-state index contributed by atoms with van der Waals surface area (Å²) < 4.78 is 28.1. The Morgan fingerprint density at radius 3 is 2.61 bits per heavy atom. The van der Waals surface area contributed by atoms with Gasteiger partial charge in [0.05, 0.1) is 4.90 Å². The molecule has 0 aromatic heterocycles. The highest BCUT2D eigenvalue weighted by Gasteiger charge is 2.16. The van der Waals surface area contributed by atoms with Crippen molar-refractivity contribution in [3.05, 3.63) is 23.8 Å². The Labute approximate surface area is 107 Å². The van der Waals surface area contributed by atoms with E-state index in [9.17, 15) is 8.42 Å². The van der Waals surface area contributed by atoms with Gasteiger partial charge in [-0.1, -0.05) is 6.07 Å². The molecule has 2 rings (SSSR count). The lowest BCUT2D eigenvalue weighted by Gasteiger charge is -2.24. The van der Waals surface area contributed by atoms with Crippen molar-refractivity contribution in [2.75, 3.05) is 18.5 Å². The normalized spacial score (nSPS) is 17.7. The molecule has 1 saturated heterocycles. The lowest BCUT2D eigenvalue weighted by atomic mass is 10.1. The average molecular weight is 270 g/mol. The second kappa shape index (κ2) is 5.26. The van der Waals surface area contributed by atoms with Gasteiger partial charge in [0, 0.05) is 24.9 Å².